The monoisotopic (exact) mass is 523 g/mol. The number of thiazole rings is 1. The maximum absolute atomic E-state index is 11.2. The number of nitro benzene ring substituents is 1. The molecule has 8 heteroatoms. The van der Waals surface area contributed by atoms with E-state index in [4.69, 9.17) is 10.1 Å². The highest BCUT2D eigenvalue weighted by Crippen LogP contribution is 2.46. The minimum Gasteiger partial charge on any atom is -0.347 e. The Hall–Kier alpha value is -4.30. The molecule has 2 heterocycles. The molecular weight excluding hydrogens is 494 g/mol. The summed E-state index contributed by atoms with van der Waals surface area (Å²) in [5, 5.41) is 18.0. The second kappa shape index (κ2) is 9.87. The number of non-ortho nitro benzene ring substituents is 1. The molecule has 1 aliphatic heterocycles. The van der Waals surface area contributed by atoms with Gasteiger partial charge in [-0.2, -0.15) is 5.10 Å². The summed E-state index contributed by atoms with van der Waals surface area (Å²) >= 11 is 1.48. The SMILES string of the molecule is Cc1ccc(N=c2scc(-c3ccc([N+](=O)[O-])cc3)n2N=CC=C2N(C)c3ccccc3C2(C)C)cc1C. The maximum atomic E-state index is 11.2. The third-order valence-electron chi connectivity index (χ3n) is 7.13. The Bertz CT molecular complexity index is 1660. The number of fused-ring (bicyclic) bond motifs is 1. The van der Waals surface area contributed by atoms with E-state index in [0.29, 0.717) is 4.80 Å². The van der Waals surface area contributed by atoms with E-state index < -0.39 is 4.92 Å². The molecular formula is C30H29N5O2S. The topological polar surface area (TPSA) is 76.0 Å². The van der Waals surface area contributed by atoms with Gasteiger partial charge in [-0.15, -0.1) is 11.3 Å². The van der Waals surface area contributed by atoms with Crippen LogP contribution < -0.4 is 9.70 Å². The summed E-state index contributed by atoms with van der Waals surface area (Å²) in [4.78, 5) is 18.6. The number of likely N-dealkylation sites (N-methyl/N-ethyl adjacent to an activating group) is 1. The highest BCUT2D eigenvalue weighted by atomic mass is 32.1. The van der Waals surface area contributed by atoms with E-state index in [1.165, 1.54) is 45.8 Å². The van der Waals surface area contributed by atoms with E-state index in [-0.39, 0.29) is 11.1 Å². The molecule has 3 aromatic carbocycles. The molecule has 192 valence electrons. The molecule has 1 aromatic heterocycles. The molecule has 0 unspecified atom stereocenters. The van der Waals surface area contributed by atoms with Crippen molar-refractivity contribution in [2.45, 2.75) is 33.1 Å². The average molecular weight is 524 g/mol. The summed E-state index contributed by atoms with van der Waals surface area (Å²) in [6.45, 7) is 8.58. The lowest BCUT2D eigenvalue weighted by molar-refractivity contribution is -0.384. The number of nitrogens with zero attached hydrogens (tertiary/aromatic N) is 5. The van der Waals surface area contributed by atoms with E-state index in [1.54, 1.807) is 23.0 Å². The molecule has 0 saturated carbocycles. The first-order chi connectivity index (χ1) is 18.2. The van der Waals surface area contributed by atoms with Crippen LogP contribution in [0.4, 0.5) is 17.1 Å². The third kappa shape index (κ3) is 4.59. The van der Waals surface area contributed by atoms with Crippen molar-refractivity contribution in [1.82, 2.24) is 4.68 Å². The van der Waals surface area contributed by atoms with Crippen molar-refractivity contribution in [3.8, 4) is 11.3 Å². The first kappa shape index (κ1) is 25.4. The van der Waals surface area contributed by atoms with Gasteiger partial charge in [-0.1, -0.05) is 38.1 Å². The zero-order valence-electron chi connectivity index (χ0n) is 22.0. The van der Waals surface area contributed by atoms with E-state index in [9.17, 15) is 10.1 Å². The standard InChI is InChI=1S/C30H29N5O2S/c1-20-10-13-23(18-21(20)2)32-29-34(27(19-38-29)22-11-14-24(15-12-22)35(36)37)31-17-16-28-30(3,4)25-8-6-7-9-26(25)33(28)5/h6-19H,1-5H3. The fourth-order valence-electron chi connectivity index (χ4n) is 4.82. The van der Waals surface area contributed by atoms with E-state index >= 15 is 0 Å². The van der Waals surface area contributed by atoms with Crippen LogP contribution in [0.1, 0.15) is 30.5 Å². The van der Waals surface area contributed by atoms with Crippen molar-refractivity contribution in [2.75, 3.05) is 11.9 Å². The van der Waals surface area contributed by atoms with Gasteiger partial charge in [0.2, 0.25) is 4.80 Å². The number of hydrogen-bond acceptors (Lipinski definition) is 6. The second-order valence-corrected chi connectivity index (χ2v) is 10.8. The van der Waals surface area contributed by atoms with Crippen LogP contribution in [0.25, 0.3) is 11.3 Å². The number of hydrogen-bond donors (Lipinski definition) is 0. The quantitative estimate of drug-likeness (QED) is 0.159. The summed E-state index contributed by atoms with van der Waals surface area (Å²) in [6, 6.07) is 21.1. The lowest BCUT2D eigenvalue weighted by Crippen LogP contribution is -2.23. The molecule has 0 fully saturated rings. The third-order valence-corrected chi connectivity index (χ3v) is 7.95. The zero-order chi connectivity index (χ0) is 27.0. The molecule has 4 aromatic rings. The highest BCUT2D eigenvalue weighted by Gasteiger charge is 2.37. The smallest absolute Gasteiger partial charge is 0.269 e. The Labute approximate surface area is 225 Å². The summed E-state index contributed by atoms with van der Waals surface area (Å²) in [5.41, 5.74) is 8.36. The summed E-state index contributed by atoms with van der Waals surface area (Å²) in [7, 11) is 2.08. The largest absolute Gasteiger partial charge is 0.347 e. The number of benzene rings is 3. The first-order valence-corrected chi connectivity index (χ1v) is 13.2. The Balaban J connectivity index is 1.60. The number of rotatable bonds is 5. The van der Waals surface area contributed by atoms with Crippen molar-refractivity contribution >= 4 is 34.6 Å². The van der Waals surface area contributed by atoms with Gasteiger partial charge in [-0.05, 0) is 66.9 Å². The maximum Gasteiger partial charge on any atom is 0.269 e. The average Bonchev–Trinajstić information content (AvgIpc) is 3.38. The van der Waals surface area contributed by atoms with Gasteiger partial charge in [0.15, 0.2) is 0 Å². The Morgan fingerprint density at radius 1 is 1.00 bits per heavy atom. The number of para-hydroxylation sites is 1. The lowest BCUT2D eigenvalue weighted by atomic mass is 9.84. The molecule has 0 spiro atoms. The van der Waals surface area contributed by atoms with Crippen LogP contribution in [0.5, 0.6) is 0 Å². The van der Waals surface area contributed by atoms with Crippen LogP contribution in [0.2, 0.25) is 0 Å². The molecule has 0 aliphatic carbocycles. The molecule has 0 saturated heterocycles. The van der Waals surface area contributed by atoms with Gasteiger partial charge < -0.3 is 4.90 Å². The predicted molar refractivity (Wildman–Crippen MR) is 155 cm³/mol. The molecule has 0 amide bonds. The second-order valence-electron chi connectivity index (χ2n) is 9.92. The van der Waals surface area contributed by atoms with E-state index in [0.717, 1.165) is 22.6 Å². The van der Waals surface area contributed by atoms with Crippen molar-refractivity contribution in [2.24, 2.45) is 10.1 Å². The minimum absolute atomic E-state index is 0.0508. The molecule has 0 atom stereocenters. The fraction of sp³-hybridized carbons (Fsp3) is 0.200. The van der Waals surface area contributed by atoms with Gasteiger partial charge in [0.05, 0.1) is 16.3 Å². The van der Waals surface area contributed by atoms with E-state index in [1.807, 2.05) is 17.5 Å². The van der Waals surface area contributed by atoms with Gasteiger partial charge >= 0.3 is 0 Å². The van der Waals surface area contributed by atoms with Crippen molar-refractivity contribution in [3.05, 3.63) is 115 Å². The van der Waals surface area contributed by atoms with Gasteiger partial charge in [0, 0.05) is 53.1 Å². The Morgan fingerprint density at radius 2 is 1.74 bits per heavy atom. The highest BCUT2D eigenvalue weighted by molar-refractivity contribution is 7.07. The summed E-state index contributed by atoms with van der Waals surface area (Å²) in [5.74, 6) is 0. The number of allylic oxidation sites excluding steroid dienone is 2. The predicted octanol–water partition coefficient (Wildman–Crippen LogP) is 7.12. The summed E-state index contributed by atoms with van der Waals surface area (Å²) < 4.78 is 1.80. The lowest BCUT2D eigenvalue weighted by Gasteiger charge is -2.23. The first-order valence-electron chi connectivity index (χ1n) is 12.3. The normalized spacial score (nSPS) is 16.0. The van der Waals surface area contributed by atoms with E-state index in [2.05, 4.69) is 76.0 Å². The van der Waals surface area contributed by atoms with Crippen LogP contribution >= 0.6 is 11.3 Å². The molecule has 7 nitrogen and oxygen atoms in total. The molecule has 0 N–H and O–H groups in total. The van der Waals surface area contributed by atoms with Crippen molar-refractivity contribution in [1.29, 1.82) is 0 Å². The van der Waals surface area contributed by atoms with Gasteiger partial charge in [0.25, 0.3) is 5.69 Å². The number of aryl methyl sites for hydroxylation is 2. The van der Waals surface area contributed by atoms with Gasteiger partial charge in [-0.25, -0.2) is 9.67 Å². The van der Waals surface area contributed by atoms with Crippen LogP contribution in [-0.4, -0.2) is 22.9 Å². The zero-order valence-corrected chi connectivity index (χ0v) is 22.9. The summed E-state index contributed by atoms with van der Waals surface area (Å²) in [6.07, 6.45) is 3.85. The molecule has 0 bridgehead atoms. The molecule has 1 aliphatic rings. The minimum atomic E-state index is -0.395. The molecule has 0 radical (unpaired) electrons. The fourth-order valence-corrected chi connectivity index (χ4v) is 5.68. The van der Waals surface area contributed by atoms with Gasteiger partial charge in [-0.3, -0.25) is 10.1 Å². The van der Waals surface area contributed by atoms with Crippen LogP contribution in [0.15, 0.2) is 94.0 Å². The molecule has 38 heavy (non-hydrogen) atoms. The van der Waals surface area contributed by atoms with Crippen molar-refractivity contribution < 1.29 is 4.92 Å². The number of anilines is 1. The molecule has 5 rings (SSSR count). The number of aromatic nitrogens is 1. The van der Waals surface area contributed by atoms with Gasteiger partial charge in [0.1, 0.15) is 0 Å². The van der Waals surface area contributed by atoms with Crippen LogP contribution in [0, 0.1) is 24.0 Å². The van der Waals surface area contributed by atoms with Crippen LogP contribution in [-0.2, 0) is 5.41 Å². The van der Waals surface area contributed by atoms with Crippen LogP contribution in [0.3, 0.4) is 0 Å². The Morgan fingerprint density at radius 3 is 2.42 bits per heavy atom. The Kier molecular flexibility index (Phi) is 6.59. The number of nitro groups is 1. The van der Waals surface area contributed by atoms with Crippen molar-refractivity contribution in [3.63, 3.8) is 0 Å².